The third-order valence-electron chi connectivity index (χ3n) is 13.9. The van der Waals surface area contributed by atoms with Crippen molar-refractivity contribution in [2.75, 3.05) is 47.1 Å². The number of carbonyl (C=O) groups is 1. The fourth-order valence-electron chi connectivity index (χ4n) is 9.23. The second-order valence-corrected chi connectivity index (χ2v) is 21.3. The Labute approximate surface area is 437 Å². The monoisotopic (exact) mass is 990 g/mol. The first-order valence-electron chi connectivity index (χ1n) is 31.1. The zero-order valence-electron chi connectivity index (χ0n) is 48.1. The van der Waals surface area contributed by atoms with Gasteiger partial charge in [-0.2, -0.15) is 0 Å². The summed E-state index contributed by atoms with van der Waals surface area (Å²) in [6, 6.07) is 0. The summed E-state index contributed by atoms with van der Waals surface area (Å²) in [6.07, 6.45) is 62.4. The second kappa shape index (κ2) is 58.6. The summed E-state index contributed by atoms with van der Waals surface area (Å²) in [5, 5.41) is 0. The molecule has 1 atom stereocenters. The smallest absolute Gasteiger partial charge is 0.306 e. The van der Waals surface area contributed by atoms with Gasteiger partial charge in [-0.1, -0.05) is 232 Å². The van der Waals surface area contributed by atoms with Crippen molar-refractivity contribution in [1.82, 2.24) is 4.90 Å². The molecule has 0 saturated carbocycles. The fraction of sp³-hybridized carbons (Fsp3) is 0.921. The lowest BCUT2D eigenvalue weighted by atomic mass is 10.0. The Morgan fingerprint density at radius 3 is 1.09 bits per heavy atom. The molecular formula is C63H123NO6. The van der Waals surface area contributed by atoms with E-state index < -0.39 is 0 Å². The Bertz CT molecular complexity index is 1020. The summed E-state index contributed by atoms with van der Waals surface area (Å²) >= 11 is 0. The number of carbonyl (C=O) groups excluding carboxylic acids is 1. The van der Waals surface area contributed by atoms with Gasteiger partial charge in [0.05, 0.1) is 13.2 Å². The lowest BCUT2D eigenvalue weighted by molar-refractivity contribution is -0.150. The zero-order valence-corrected chi connectivity index (χ0v) is 48.1. The van der Waals surface area contributed by atoms with Crippen LogP contribution in [0, 0.1) is 0 Å². The Morgan fingerprint density at radius 1 is 0.371 bits per heavy atom. The molecule has 1 unspecified atom stereocenters. The van der Waals surface area contributed by atoms with E-state index in [2.05, 4.69) is 71.0 Å². The van der Waals surface area contributed by atoms with Gasteiger partial charge in [-0.3, -0.25) is 4.79 Å². The first-order chi connectivity index (χ1) is 34.5. The molecule has 0 aliphatic carbocycles. The highest BCUT2D eigenvalue weighted by Gasteiger charge is 2.15. The van der Waals surface area contributed by atoms with Crippen LogP contribution in [0.5, 0.6) is 0 Å². The number of hydrogen-bond donors (Lipinski definition) is 0. The van der Waals surface area contributed by atoms with Crippen molar-refractivity contribution in [3.8, 4) is 0 Å². The molecule has 0 fully saturated rings. The molecule has 0 heterocycles. The molecular weight excluding hydrogens is 867 g/mol. The quantitative estimate of drug-likeness (QED) is 0.0260. The largest absolute Gasteiger partial charge is 0.462 e. The molecule has 0 aromatic rings. The Hall–Kier alpha value is -1.25. The predicted molar refractivity (Wildman–Crippen MR) is 304 cm³/mol. The molecule has 416 valence electrons. The fourth-order valence-corrected chi connectivity index (χ4v) is 9.23. The van der Waals surface area contributed by atoms with Crippen LogP contribution in [0.1, 0.15) is 310 Å². The maximum Gasteiger partial charge on any atom is 0.306 e. The van der Waals surface area contributed by atoms with Crippen molar-refractivity contribution in [2.24, 2.45) is 0 Å². The van der Waals surface area contributed by atoms with E-state index in [0.29, 0.717) is 19.6 Å². The van der Waals surface area contributed by atoms with Gasteiger partial charge in [0.25, 0.3) is 0 Å². The number of allylic oxidation sites excluding steroid dienone is 2. The molecule has 0 N–H and O–H groups in total. The van der Waals surface area contributed by atoms with E-state index in [4.69, 9.17) is 23.7 Å². The maximum absolute atomic E-state index is 12.8. The normalized spacial score (nSPS) is 13.0. The maximum atomic E-state index is 12.8. The molecule has 0 aromatic carbocycles. The summed E-state index contributed by atoms with van der Waals surface area (Å²) in [5.41, 5.74) is 0. The van der Waals surface area contributed by atoms with Gasteiger partial charge in [-0.25, -0.2) is 0 Å². The summed E-state index contributed by atoms with van der Waals surface area (Å²) < 4.78 is 31.2. The van der Waals surface area contributed by atoms with Gasteiger partial charge < -0.3 is 28.6 Å². The lowest BCUT2D eigenvalue weighted by Crippen LogP contribution is -2.20. The summed E-state index contributed by atoms with van der Waals surface area (Å²) in [4.78, 5) is 15.0. The third-order valence-corrected chi connectivity index (χ3v) is 13.9. The van der Waals surface area contributed by atoms with Gasteiger partial charge in [-0.05, 0) is 117 Å². The molecule has 7 nitrogen and oxygen atoms in total. The van der Waals surface area contributed by atoms with Crippen LogP contribution >= 0.6 is 0 Å². The third kappa shape index (κ3) is 54.5. The van der Waals surface area contributed by atoms with Gasteiger partial charge in [0.1, 0.15) is 6.10 Å². The van der Waals surface area contributed by atoms with Gasteiger partial charge >= 0.3 is 5.97 Å². The van der Waals surface area contributed by atoms with Gasteiger partial charge in [0.15, 0.2) is 12.6 Å². The second-order valence-electron chi connectivity index (χ2n) is 21.3. The van der Waals surface area contributed by atoms with Gasteiger partial charge in [0.2, 0.25) is 0 Å². The van der Waals surface area contributed by atoms with Crippen LogP contribution < -0.4 is 0 Å². The van der Waals surface area contributed by atoms with Crippen molar-refractivity contribution >= 4 is 5.97 Å². The van der Waals surface area contributed by atoms with Crippen molar-refractivity contribution in [3.63, 3.8) is 0 Å². The number of rotatable bonds is 59. The average molecular weight is 991 g/mol. The van der Waals surface area contributed by atoms with Crippen molar-refractivity contribution in [1.29, 1.82) is 0 Å². The summed E-state index contributed by atoms with van der Waals surface area (Å²) in [5.74, 6) is -0.00828. The van der Waals surface area contributed by atoms with Crippen LogP contribution in [-0.4, -0.2) is 76.6 Å². The number of ether oxygens (including phenoxy) is 5. The van der Waals surface area contributed by atoms with Crippen molar-refractivity contribution in [3.05, 3.63) is 24.3 Å². The molecule has 7 heteroatoms. The summed E-state index contributed by atoms with van der Waals surface area (Å²) in [6.45, 7) is 13.0. The highest BCUT2D eigenvalue weighted by Crippen LogP contribution is 2.20. The van der Waals surface area contributed by atoms with Crippen LogP contribution in [0.2, 0.25) is 0 Å². The standard InChI is InChI=1S/C63H123NO6/c1-7-11-15-19-29-37-45-56-66-62(67-57-46-38-30-20-16-12-8-2)53-43-35-27-23-25-33-41-50-60(70-61(65)52-49-55-64(5)6)51-42-34-26-24-28-36-44-54-63(68-58-47-39-31-21-17-13-9-3)69-59-48-40-32-22-18-14-10-4/h37-38,45-46,60,62-63H,7-36,39-44,47-59H2,1-6H3. The summed E-state index contributed by atoms with van der Waals surface area (Å²) in [7, 11) is 4.13. The number of nitrogens with zero attached hydrogens (tertiary/aromatic N) is 1. The van der Waals surface area contributed by atoms with E-state index >= 15 is 0 Å². The SMILES string of the molecule is CCCCCCC=CCOC(CCCCCCCCCC(CCCCCCCCCC(OCCCCCCCCC)OCCCCCCCCC)OC(=O)CCCN(C)C)OCC=CCCCCCC. The van der Waals surface area contributed by atoms with E-state index in [1.54, 1.807) is 0 Å². The number of hydrogen-bond acceptors (Lipinski definition) is 7. The predicted octanol–water partition coefficient (Wildman–Crippen LogP) is 19.5. The van der Waals surface area contributed by atoms with Crippen LogP contribution in [0.25, 0.3) is 0 Å². The van der Waals surface area contributed by atoms with E-state index in [1.165, 1.54) is 199 Å². The minimum absolute atomic E-state index is 0.00828. The van der Waals surface area contributed by atoms with Crippen molar-refractivity contribution < 1.29 is 28.5 Å². The molecule has 0 aliphatic heterocycles. The minimum Gasteiger partial charge on any atom is -0.462 e. The van der Waals surface area contributed by atoms with Crippen LogP contribution in [0.15, 0.2) is 24.3 Å². The Kier molecular flexibility index (Phi) is 57.6. The van der Waals surface area contributed by atoms with E-state index in [-0.39, 0.29) is 24.7 Å². The first kappa shape index (κ1) is 68.8. The number of unbranched alkanes of at least 4 members (excludes halogenated alkanes) is 32. The number of esters is 1. The van der Waals surface area contributed by atoms with E-state index in [9.17, 15) is 4.79 Å². The molecule has 0 bridgehead atoms. The average Bonchev–Trinajstić information content (AvgIpc) is 3.35. The van der Waals surface area contributed by atoms with E-state index in [0.717, 1.165) is 96.8 Å². The molecule has 0 aromatic heterocycles. The topological polar surface area (TPSA) is 66.5 Å². The molecule has 70 heavy (non-hydrogen) atoms. The molecule has 0 saturated heterocycles. The van der Waals surface area contributed by atoms with Crippen LogP contribution in [0.3, 0.4) is 0 Å². The molecule has 0 radical (unpaired) electrons. The highest BCUT2D eigenvalue weighted by atomic mass is 16.7. The molecule has 0 rings (SSSR count). The van der Waals surface area contributed by atoms with Crippen LogP contribution in [0.4, 0.5) is 0 Å². The Balaban J connectivity index is 4.61. The first-order valence-corrected chi connectivity index (χ1v) is 31.1. The molecule has 0 aliphatic rings. The van der Waals surface area contributed by atoms with Gasteiger partial charge in [-0.15, -0.1) is 0 Å². The highest BCUT2D eigenvalue weighted by molar-refractivity contribution is 5.69. The minimum atomic E-state index is -0.130. The van der Waals surface area contributed by atoms with Crippen molar-refractivity contribution in [2.45, 2.75) is 329 Å². The van der Waals surface area contributed by atoms with E-state index in [1.807, 2.05) is 0 Å². The molecule has 0 spiro atoms. The van der Waals surface area contributed by atoms with Crippen LogP contribution in [-0.2, 0) is 28.5 Å². The Morgan fingerprint density at radius 2 is 0.700 bits per heavy atom. The zero-order chi connectivity index (χ0) is 50.9. The van der Waals surface area contributed by atoms with Gasteiger partial charge in [0, 0.05) is 19.6 Å². The lowest BCUT2D eigenvalue weighted by Gasteiger charge is -2.19. The molecule has 0 amide bonds.